The van der Waals surface area contributed by atoms with Gasteiger partial charge in [0.2, 0.25) is 11.9 Å². The Bertz CT molecular complexity index is 1650. The van der Waals surface area contributed by atoms with Crippen molar-refractivity contribution >= 4 is 40.9 Å². The van der Waals surface area contributed by atoms with Crippen molar-refractivity contribution in [1.82, 2.24) is 24.8 Å². The van der Waals surface area contributed by atoms with Gasteiger partial charge in [-0.2, -0.15) is 0 Å². The third kappa shape index (κ3) is 10.2. The average Bonchev–Trinajstić information content (AvgIpc) is 3.05. The van der Waals surface area contributed by atoms with Crippen LogP contribution in [0.25, 0.3) is 22.4 Å². The van der Waals surface area contributed by atoms with Crippen molar-refractivity contribution in [2.24, 2.45) is 0 Å². The molecule has 2 N–H and O–H groups in total. The number of nitrogens with one attached hydrogen (secondary N) is 2. The third-order valence-electron chi connectivity index (χ3n) is 7.67. The highest BCUT2D eigenvalue weighted by atomic mass is 35.5. The average molecular weight is 656 g/mol. The molecule has 5 rings (SSSR count). The van der Waals surface area contributed by atoms with Gasteiger partial charge in [-0.25, -0.2) is 14.8 Å². The highest BCUT2D eigenvalue weighted by Gasteiger charge is 2.25. The molecule has 11 heteroatoms. The summed E-state index contributed by atoms with van der Waals surface area (Å²) < 4.78 is 5.48. The number of benzene rings is 2. The molecule has 0 radical (unpaired) electrons. The van der Waals surface area contributed by atoms with E-state index in [4.69, 9.17) is 16.3 Å². The summed E-state index contributed by atoms with van der Waals surface area (Å²) in [5.74, 6) is 0.310. The normalized spacial score (nSPS) is 13.7. The summed E-state index contributed by atoms with van der Waals surface area (Å²) in [5, 5.41) is 6.57. The predicted molar refractivity (Wildman–Crippen MR) is 187 cm³/mol. The van der Waals surface area contributed by atoms with E-state index in [0.29, 0.717) is 47.6 Å². The number of carbonyl (C=O) groups excluding carboxylic acids is 2. The van der Waals surface area contributed by atoms with Gasteiger partial charge in [0.25, 0.3) is 0 Å². The third-order valence-corrected chi connectivity index (χ3v) is 7.94. The molecule has 3 heterocycles. The molecule has 2 aromatic heterocycles. The van der Waals surface area contributed by atoms with E-state index in [2.05, 4.69) is 54.8 Å². The lowest BCUT2D eigenvalue weighted by molar-refractivity contribution is -0.116. The lowest BCUT2D eigenvalue weighted by Gasteiger charge is -2.35. The van der Waals surface area contributed by atoms with Crippen molar-refractivity contribution in [3.63, 3.8) is 0 Å². The summed E-state index contributed by atoms with van der Waals surface area (Å²) in [6, 6.07) is 20.0. The first-order valence-electron chi connectivity index (χ1n) is 16.0. The second kappa shape index (κ2) is 15.8. The summed E-state index contributed by atoms with van der Waals surface area (Å²) in [6.45, 7) is 9.62. The summed E-state index contributed by atoms with van der Waals surface area (Å²) in [4.78, 5) is 42.4. The van der Waals surface area contributed by atoms with Crippen molar-refractivity contribution in [3.05, 3.63) is 84.3 Å². The van der Waals surface area contributed by atoms with Gasteiger partial charge < -0.3 is 20.3 Å². The molecule has 1 fully saturated rings. The molecule has 10 nitrogen and oxygen atoms in total. The summed E-state index contributed by atoms with van der Waals surface area (Å²) >= 11 is 6.52. The summed E-state index contributed by atoms with van der Waals surface area (Å²) in [7, 11) is 0. The first kappa shape index (κ1) is 33.8. The SMILES string of the molecule is CC(C)(C)OC(=O)N1CCN(CCCCCC(=O)Nc2cncc(Nc3ncc(Cl)c(-c4cccc(-c5ccccc5)c4)n3)c2)CC1. The zero-order chi connectivity index (χ0) is 33.2. The minimum atomic E-state index is -0.481. The predicted octanol–water partition coefficient (Wildman–Crippen LogP) is 7.65. The first-order chi connectivity index (χ1) is 22.6. The Balaban J connectivity index is 1.06. The fourth-order valence-corrected chi connectivity index (χ4v) is 5.51. The molecule has 47 heavy (non-hydrogen) atoms. The highest BCUT2D eigenvalue weighted by molar-refractivity contribution is 6.32. The maximum Gasteiger partial charge on any atom is 0.410 e. The van der Waals surface area contributed by atoms with Crippen LogP contribution < -0.4 is 10.6 Å². The van der Waals surface area contributed by atoms with Crippen LogP contribution in [0.5, 0.6) is 0 Å². The molecule has 0 unspecified atom stereocenters. The van der Waals surface area contributed by atoms with Crippen molar-refractivity contribution in [2.45, 2.75) is 52.1 Å². The zero-order valence-electron chi connectivity index (χ0n) is 27.2. The molecule has 0 bridgehead atoms. The van der Waals surface area contributed by atoms with E-state index in [1.54, 1.807) is 29.6 Å². The van der Waals surface area contributed by atoms with Gasteiger partial charge in [0.1, 0.15) is 5.60 Å². The molecule has 1 aliphatic heterocycles. The Hall–Kier alpha value is -4.54. The largest absolute Gasteiger partial charge is 0.444 e. The monoisotopic (exact) mass is 655 g/mol. The number of halogens is 1. The van der Waals surface area contributed by atoms with E-state index in [1.165, 1.54) is 0 Å². The second-order valence-electron chi connectivity index (χ2n) is 12.6. The maximum atomic E-state index is 12.7. The number of rotatable bonds is 11. The van der Waals surface area contributed by atoms with Gasteiger partial charge in [-0.3, -0.25) is 14.7 Å². The number of hydrogen-bond acceptors (Lipinski definition) is 8. The highest BCUT2D eigenvalue weighted by Crippen LogP contribution is 2.30. The topological polar surface area (TPSA) is 113 Å². The van der Waals surface area contributed by atoms with Gasteiger partial charge in [-0.05, 0) is 63.4 Å². The van der Waals surface area contributed by atoms with E-state index >= 15 is 0 Å². The van der Waals surface area contributed by atoms with Gasteiger partial charge in [-0.15, -0.1) is 0 Å². The standard InChI is InChI=1S/C36H42ClN7O3/c1-36(2,3)47-35(46)44-19-17-43(18-20-44)16-9-5-8-15-32(45)40-29-22-30(24-38-23-29)41-34-39-25-31(37)33(42-34)28-14-10-13-27(21-28)26-11-6-4-7-12-26/h4,6-7,10-14,21-25H,5,8-9,15-20H2,1-3H3,(H,40,45)(H,39,41,42). The zero-order valence-corrected chi connectivity index (χ0v) is 28.0. The number of anilines is 3. The van der Waals surface area contributed by atoms with Gasteiger partial charge in [0, 0.05) is 38.2 Å². The van der Waals surface area contributed by atoms with Crippen molar-refractivity contribution in [3.8, 4) is 22.4 Å². The van der Waals surface area contributed by atoms with E-state index in [0.717, 1.165) is 55.6 Å². The number of unbranched alkanes of at least 4 members (excludes halogenated alkanes) is 2. The molecule has 1 saturated heterocycles. The number of nitrogens with zero attached hydrogens (tertiary/aromatic N) is 5. The number of aromatic nitrogens is 3. The number of piperazine rings is 1. The Morgan fingerprint density at radius 2 is 1.57 bits per heavy atom. The van der Waals surface area contributed by atoms with Crippen LogP contribution in [0.2, 0.25) is 5.02 Å². The Kier molecular flexibility index (Phi) is 11.4. The van der Waals surface area contributed by atoms with E-state index in [-0.39, 0.29) is 12.0 Å². The smallest absolute Gasteiger partial charge is 0.410 e. The van der Waals surface area contributed by atoms with Crippen molar-refractivity contribution < 1.29 is 14.3 Å². The number of hydrogen-bond donors (Lipinski definition) is 2. The number of carbonyl (C=O) groups is 2. The molecule has 246 valence electrons. The fraction of sp³-hybridized carbons (Fsp3) is 0.361. The van der Waals surface area contributed by atoms with Gasteiger partial charge in [-0.1, -0.05) is 66.6 Å². The van der Waals surface area contributed by atoms with E-state index in [1.807, 2.05) is 51.1 Å². The molecule has 0 saturated carbocycles. The van der Waals surface area contributed by atoms with Crippen LogP contribution in [0, 0.1) is 0 Å². The molecule has 0 aliphatic carbocycles. The summed E-state index contributed by atoms with van der Waals surface area (Å²) in [5.41, 5.74) is 4.41. The number of amides is 2. The lowest BCUT2D eigenvalue weighted by atomic mass is 10.0. The molecular formula is C36H42ClN7O3. The molecule has 0 spiro atoms. The number of pyridine rings is 1. The van der Waals surface area contributed by atoms with Crippen LogP contribution in [0.4, 0.5) is 22.1 Å². The van der Waals surface area contributed by atoms with Gasteiger partial charge in [0.05, 0.1) is 40.7 Å². The minimum Gasteiger partial charge on any atom is -0.444 e. The van der Waals surface area contributed by atoms with Crippen LogP contribution in [-0.2, 0) is 9.53 Å². The van der Waals surface area contributed by atoms with Crippen LogP contribution in [0.1, 0.15) is 46.5 Å². The quantitative estimate of drug-likeness (QED) is 0.158. The molecule has 1 aliphatic rings. The first-order valence-corrected chi connectivity index (χ1v) is 16.4. The molecule has 2 aromatic carbocycles. The molecular weight excluding hydrogens is 614 g/mol. The van der Waals surface area contributed by atoms with Crippen LogP contribution >= 0.6 is 11.6 Å². The van der Waals surface area contributed by atoms with Crippen molar-refractivity contribution in [2.75, 3.05) is 43.4 Å². The minimum absolute atomic E-state index is 0.0572. The molecule has 2 amide bonds. The fourth-order valence-electron chi connectivity index (χ4n) is 5.31. The molecule has 4 aromatic rings. The van der Waals surface area contributed by atoms with Crippen LogP contribution in [-0.4, -0.2) is 75.1 Å². The second-order valence-corrected chi connectivity index (χ2v) is 13.0. The van der Waals surface area contributed by atoms with Gasteiger partial charge in [0.15, 0.2) is 0 Å². The number of ether oxygens (including phenoxy) is 1. The summed E-state index contributed by atoms with van der Waals surface area (Å²) in [6.07, 6.45) is 7.76. The Morgan fingerprint density at radius 3 is 2.34 bits per heavy atom. The van der Waals surface area contributed by atoms with Crippen LogP contribution in [0.15, 0.2) is 79.3 Å². The Labute approximate surface area is 281 Å². The maximum absolute atomic E-state index is 12.7. The Morgan fingerprint density at radius 1 is 0.851 bits per heavy atom. The molecule has 0 atom stereocenters. The van der Waals surface area contributed by atoms with E-state index in [9.17, 15) is 9.59 Å². The lowest BCUT2D eigenvalue weighted by Crippen LogP contribution is -2.50. The van der Waals surface area contributed by atoms with Crippen molar-refractivity contribution in [1.29, 1.82) is 0 Å². The van der Waals surface area contributed by atoms with E-state index < -0.39 is 5.60 Å². The van der Waals surface area contributed by atoms with Crippen LogP contribution in [0.3, 0.4) is 0 Å². The van der Waals surface area contributed by atoms with Gasteiger partial charge >= 0.3 is 6.09 Å².